The lowest BCUT2D eigenvalue weighted by molar-refractivity contribution is -0.121. The molecule has 2 amide bonds. The van der Waals surface area contributed by atoms with E-state index in [4.69, 9.17) is 5.26 Å². The topological polar surface area (TPSA) is 91.2 Å². The number of rotatable bonds is 6. The molecule has 0 unspecified atom stereocenters. The second kappa shape index (κ2) is 8.53. The fourth-order valence-corrected chi connectivity index (χ4v) is 1.45. The summed E-state index contributed by atoms with van der Waals surface area (Å²) in [7, 11) is 0. The van der Waals surface area contributed by atoms with Crippen molar-refractivity contribution in [1.29, 1.82) is 5.26 Å². The fraction of sp³-hybridized carbons (Fsp3) is 0.357. The zero-order chi connectivity index (χ0) is 14.8. The van der Waals surface area contributed by atoms with E-state index in [1.54, 1.807) is 31.2 Å². The van der Waals surface area contributed by atoms with Crippen molar-refractivity contribution in [3.05, 3.63) is 35.4 Å². The summed E-state index contributed by atoms with van der Waals surface area (Å²) in [6.45, 7) is 2.64. The molecular formula is C14H17N3O3. The molecule has 0 fully saturated rings. The number of hydrogen-bond donors (Lipinski definition) is 2. The molecule has 1 rings (SSSR count). The molecule has 1 aromatic rings. The Morgan fingerprint density at radius 1 is 1.25 bits per heavy atom. The summed E-state index contributed by atoms with van der Waals surface area (Å²) in [5.74, 6) is -0.161. The van der Waals surface area contributed by atoms with Crippen LogP contribution in [0.5, 0.6) is 0 Å². The van der Waals surface area contributed by atoms with Gasteiger partial charge in [0.1, 0.15) is 0 Å². The second-order valence-corrected chi connectivity index (χ2v) is 3.98. The normalized spacial score (nSPS) is 9.40. The highest BCUT2D eigenvalue weighted by molar-refractivity contribution is 5.76. The minimum atomic E-state index is -0.521. The number of nitriles is 1. The molecule has 2 N–H and O–H groups in total. The molecule has 0 aliphatic heterocycles. The number of carbonyl (C=O) groups is 2. The van der Waals surface area contributed by atoms with Crippen molar-refractivity contribution in [1.82, 2.24) is 10.6 Å². The third kappa shape index (κ3) is 5.87. The summed E-state index contributed by atoms with van der Waals surface area (Å²) in [6.07, 6.45) is -0.331. The van der Waals surface area contributed by atoms with Crippen molar-refractivity contribution in [2.24, 2.45) is 0 Å². The second-order valence-electron chi connectivity index (χ2n) is 3.98. The molecule has 0 saturated carbocycles. The van der Waals surface area contributed by atoms with E-state index in [2.05, 4.69) is 15.4 Å². The maximum absolute atomic E-state index is 11.5. The highest BCUT2D eigenvalue weighted by Crippen LogP contribution is 2.02. The van der Waals surface area contributed by atoms with Crippen LogP contribution < -0.4 is 10.6 Å². The van der Waals surface area contributed by atoms with Gasteiger partial charge in [-0.15, -0.1) is 0 Å². The smallest absolute Gasteiger partial charge is 0.407 e. The summed E-state index contributed by atoms with van der Waals surface area (Å²) < 4.78 is 4.67. The SMILES string of the molecule is CCOC(=O)NCCC(=O)NCc1ccc(C#N)cc1. The zero-order valence-corrected chi connectivity index (χ0v) is 11.3. The van der Waals surface area contributed by atoms with Gasteiger partial charge in [-0.25, -0.2) is 4.79 Å². The number of ether oxygens (including phenoxy) is 1. The molecule has 20 heavy (non-hydrogen) atoms. The Morgan fingerprint density at radius 3 is 2.55 bits per heavy atom. The predicted molar refractivity (Wildman–Crippen MR) is 72.6 cm³/mol. The molecule has 0 radical (unpaired) electrons. The lowest BCUT2D eigenvalue weighted by Gasteiger charge is -2.07. The standard InChI is InChI=1S/C14H17N3O3/c1-2-20-14(19)16-8-7-13(18)17-10-12-5-3-11(9-15)4-6-12/h3-6H,2,7-8,10H2,1H3,(H,16,19)(H,17,18). The first-order valence-corrected chi connectivity index (χ1v) is 6.32. The van der Waals surface area contributed by atoms with Gasteiger partial charge in [-0.1, -0.05) is 12.1 Å². The minimum Gasteiger partial charge on any atom is -0.450 e. The quantitative estimate of drug-likeness (QED) is 0.819. The molecule has 106 valence electrons. The highest BCUT2D eigenvalue weighted by Gasteiger charge is 2.04. The molecule has 0 aliphatic carbocycles. The van der Waals surface area contributed by atoms with E-state index < -0.39 is 6.09 Å². The van der Waals surface area contributed by atoms with Gasteiger partial charge in [-0.2, -0.15) is 5.26 Å². The van der Waals surface area contributed by atoms with E-state index in [9.17, 15) is 9.59 Å². The van der Waals surface area contributed by atoms with E-state index in [0.29, 0.717) is 18.7 Å². The summed E-state index contributed by atoms with van der Waals surface area (Å²) in [5.41, 5.74) is 1.49. The third-order valence-corrected chi connectivity index (χ3v) is 2.47. The van der Waals surface area contributed by atoms with Crippen molar-refractivity contribution in [2.75, 3.05) is 13.2 Å². The largest absolute Gasteiger partial charge is 0.450 e. The first-order chi connectivity index (χ1) is 9.65. The zero-order valence-electron chi connectivity index (χ0n) is 11.3. The first kappa shape index (κ1) is 15.5. The van der Waals surface area contributed by atoms with Crippen molar-refractivity contribution in [2.45, 2.75) is 19.9 Å². The number of alkyl carbamates (subject to hydrolysis) is 1. The Morgan fingerprint density at radius 2 is 1.95 bits per heavy atom. The summed E-state index contributed by atoms with van der Waals surface area (Å²) in [4.78, 5) is 22.5. The lowest BCUT2D eigenvalue weighted by atomic mass is 10.1. The monoisotopic (exact) mass is 275 g/mol. The van der Waals surface area contributed by atoms with Crippen LogP contribution in [0.3, 0.4) is 0 Å². The Hall–Kier alpha value is -2.55. The molecule has 0 aromatic heterocycles. The van der Waals surface area contributed by atoms with E-state index in [0.717, 1.165) is 5.56 Å². The molecule has 0 spiro atoms. The van der Waals surface area contributed by atoms with Gasteiger partial charge >= 0.3 is 6.09 Å². The minimum absolute atomic E-state index is 0.161. The summed E-state index contributed by atoms with van der Waals surface area (Å²) >= 11 is 0. The van der Waals surface area contributed by atoms with Crippen molar-refractivity contribution in [3.63, 3.8) is 0 Å². The van der Waals surface area contributed by atoms with Gasteiger partial charge in [-0.3, -0.25) is 4.79 Å². The third-order valence-electron chi connectivity index (χ3n) is 2.47. The average molecular weight is 275 g/mol. The number of benzene rings is 1. The number of amides is 2. The van der Waals surface area contributed by atoms with Gasteiger partial charge in [-0.05, 0) is 24.6 Å². The van der Waals surface area contributed by atoms with Crippen LogP contribution in [-0.4, -0.2) is 25.2 Å². The van der Waals surface area contributed by atoms with Crippen LogP contribution in [0.25, 0.3) is 0 Å². The van der Waals surface area contributed by atoms with Crippen LogP contribution in [-0.2, 0) is 16.1 Å². The van der Waals surface area contributed by atoms with Gasteiger partial charge in [0.2, 0.25) is 5.91 Å². The number of carbonyl (C=O) groups excluding carboxylic acids is 2. The predicted octanol–water partition coefficient (Wildman–Crippen LogP) is 1.31. The van der Waals surface area contributed by atoms with E-state index >= 15 is 0 Å². The number of hydrogen-bond acceptors (Lipinski definition) is 4. The highest BCUT2D eigenvalue weighted by atomic mass is 16.5. The van der Waals surface area contributed by atoms with Gasteiger partial charge in [0.15, 0.2) is 0 Å². The van der Waals surface area contributed by atoms with Crippen LogP contribution in [0, 0.1) is 11.3 Å². The van der Waals surface area contributed by atoms with Crippen LogP contribution in [0.15, 0.2) is 24.3 Å². The van der Waals surface area contributed by atoms with Crippen molar-refractivity contribution < 1.29 is 14.3 Å². The van der Waals surface area contributed by atoms with E-state index in [1.807, 2.05) is 6.07 Å². The molecule has 6 heteroatoms. The fourth-order valence-electron chi connectivity index (χ4n) is 1.45. The Kier molecular flexibility index (Phi) is 6.62. The van der Waals surface area contributed by atoms with Crippen LogP contribution >= 0.6 is 0 Å². The molecular weight excluding hydrogens is 258 g/mol. The van der Waals surface area contributed by atoms with Crippen molar-refractivity contribution in [3.8, 4) is 6.07 Å². The Bertz CT molecular complexity index is 491. The molecule has 0 aliphatic rings. The molecule has 0 atom stereocenters. The Balaban J connectivity index is 2.22. The van der Waals surface area contributed by atoms with E-state index in [-0.39, 0.29) is 18.9 Å². The number of nitrogens with zero attached hydrogens (tertiary/aromatic N) is 1. The molecule has 6 nitrogen and oxygen atoms in total. The van der Waals surface area contributed by atoms with Gasteiger partial charge in [0.05, 0.1) is 18.2 Å². The van der Waals surface area contributed by atoms with E-state index in [1.165, 1.54) is 0 Å². The van der Waals surface area contributed by atoms with Gasteiger partial charge in [0.25, 0.3) is 0 Å². The van der Waals surface area contributed by atoms with Crippen molar-refractivity contribution >= 4 is 12.0 Å². The lowest BCUT2D eigenvalue weighted by Crippen LogP contribution is -2.30. The Labute approximate surface area is 117 Å². The van der Waals surface area contributed by atoms with Gasteiger partial charge < -0.3 is 15.4 Å². The van der Waals surface area contributed by atoms with Crippen LogP contribution in [0.1, 0.15) is 24.5 Å². The van der Waals surface area contributed by atoms with Crippen LogP contribution in [0.2, 0.25) is 0 Å². The first-order valence-electron chi connectivity index (χ1n) is 6.32. The maximum Gasteiger partial charge on any atom is 0.407 e. The summed E-state index contributed by atoms with van der Waals surface area (Å²) in [6, 6.07) is 9.00. The summed E-state index contributed by atoms with van der Waals surface area (Å²) in [5, 5.41) is 13.9. The molecule has 1 aromatic carbocycles. The molecule has 0 heterocycles. The average Bonchev–Trinajstić information content (AvgIpc) is 2.46. The van der Waals surface area contributed by atoms with Crippen LogP contribution in [0.4, 0.5) is 4.79 Å². The van der Waals surface area contributed by atoms with Gasteiger partial charge in [0, 0.05) is 19.5 Å². The number of nitrogens with one attached hydrogen (secondary N) is 2. The molecule has 0 bridgehead atoms. The maximum atomic E-state index is 11.5. The molecule has 0 saturated heterocycles.